The fourth-order valence-electron chi connectivity index (χ4n) is 3.21. The number of halogens is 1. The minimum absolute atomic E-state index is 0.240. The number of benzene rings is 1. The first-order valence-corrected chi connectivity index (χ1v) is 11.4. The van der Waals surface area contributed by atoms with E-state index in [1.54, 1.807) is 12.4 Å². The number of fused-ring (bicyclic) bond motifs is 1. The van der Waals surface area contributed by atoms with Gasteiger partial charge in [-0.1, -0.05) is 30.2 Å². The Bertz CT molecular complexity index is 1140. The van der Waals surface area contributed by atoms with Crippen molar-refractivity contribution in [3.05, 3.63) is 68.9 Å². The first-order chi connectivity index (χ1) is 15.1. The largest absolute Gasteiger partial charge is 0.343 e. The number of hydrogen-bond donors (Lipinski definition) is 2. The molecule has 3 heterocycles. The Morgan fingerprint density at radius 1 is 1.10 bits per heavy atom. The van der Waals surface area contributed by atoms with Crippen LogP contribution < -0.4 is 5.32 Å². The second-order valence-electron chi connectivity index (χ2n) is 7.35. The monoisotopic (exact) mass is 454 g/mol. The third kappa shape index (κ3) is 5.65. The molecule has 9 heteroatoms. The van der Waals surface area contributed by atoms with E-state index in [2.05, 4.69) is 30.2 Å². The summed E-state index contributed by atoms with van der Waals surface area (Å²) in [5, 5.41) is 3.66. The van der Waals surface area contributed by atoms with Gasteiger partial charge in [-0.05, 0) is 43.9 Å². The van der Waals surface area contributed by atoms with E-state index >= 15 is 0 Å². The van der Waals surface area contributed by atoms with Crippen LogP contribution in [0.3, 0.4) is 0 Å². The zero-order chi connectivity index (χ0) is 21.6. The van der Waals surface area contributed by atoms with Gasteiger partial charge in [0.15, 0.2) is 5.69 Å². The predicted molar refractivity (Wildman–Crippen MR) is 122 cm³/mol. The second-order valence-corrected chi connectivity index (χ2v) is 9.04. The Morgan fingerprint density at radius 3 is 2.68 bits per heavy atom. The summed E-state index contributed by atoms with van der Waals surface area (Å²) in [4.78, 5) is 33.2. The van der Waals surface area contributed by atoms with Crippen LogP contribution in [0.5, 0.6) is 0 Å². The number of unbranched alkanes of at least 4 members (excludes halogenated alkanes) is 2. The fourth-order valence-corrected chi connectivity index (χ4v) is 4.43. The normalized spacial score (nSPS) is 11.2. The number of thiazole rings is 1. The highest BCUT2D eigenvalue weighted by Crippen LogP contribution is 2.25. The van der Waals surface area contributed by atoms with Gasteiger partial charge >= 0.3 is 0 Å². The van der Waals surface area contributed by atoms with Crippen molar-refractivity contribution in [3.63, 3.8) is 0 Å². The third-order valence-electron chi connectivity index (χ3n) is 4.83. The zero-order valence-corrected chi connectivity index (χ0v) is 18.8. The molecule has 7 nitrogen and oxygen atoms in total. The Kier molecular flexibility index (Phi) is 6.89. The molecule has 0 unspecified atom stereocenters. The van der Waals surface area contributed by atoms with Crippen LogP contribution >= 0.6 is 22.9 Å². The summed E-state index contributed by atoms with van der Waals surface area (Å²) in [7, 11) is 0. The molecule has 2 N–H and O–H groups in total. The van der Waals surface area contributed by atoms with Crippen LogP contribution in [-0.4, -0.2) is 30.8 Å². The van der Waals surface area contributed by atoms with Crippen molar-refractivity contribution in [2.24, 2.45) is 0 Å². The number of imidazole rings is 1. The summed E-state index contributed by atoms with van der Waals surface area (Å²) in [5.41, 5.74) is 3.33. The van der Waals surface area contributed by atoms with Crippen molar-refractivity contribution in [2.75, 3.05) is 0 Å². The van der Waals surface area contributed by atoms with Gasteiger partial charge in [-0.3, -0.25) is 4.79 Å². The molecule has 1 amide bonds. The van der Waals surface area contributed by atoms with Crippen LogP contribution in [-0.2, 0) is 19.4 Å². The Labute approximate surface area is 189 Å². The zero-order valence-electron chi connectivity index (χ0n) is 17.2. The number of aromatic amines is 1. The van der Waals surface area contributed by atoms with Crippen molar-refractivity contribution in [1.82, 2.24) is 30.2 Å². The van der Waals surface area contributed by atoms with E-state index in [9.17, 15) is 4.79 Å². The maximum Gasteiger partial charge on any atom is 0.272 e. The van der Waals surface area contributed by atoms with Crippen molar-refractivity contribution in [2.45, 2.75) is 45.6 Å². The van der Waals surface area contributed by atoms with Gasteiger partial charge in [-0.2, -0.15) is 0 Å². The van der Waals surface area contributed by atoms with E-state index in [0.29, 0.717) is 10.2 Å². The van der Waals surface area contributed by atoms with Crippen LogP contribution in [0.25, 0.3) is 11.0 Å². The van der Waals surface area contributed by atoms with Gasteiger partial charge in [0.05, 0.1) is 22.6 Å². The molecule has 160 valence electrons. The molecular formula is C22H23ClN6OS. The van der Waals surface area contributed by atoms with Crippen LogP contribution in [0.4, 0.5) is 0 Å². The Balaban J connectivity index is 1.22. The summed E-state index contributed by atoms with van der Waals surface area (Å²) < 4.78 is 0.416. The minimum atomic E-state index is -0.304. The number of hydrogen-bond acceptors (Lipinski definition) is 6. The quantitative estimate of drug-likeness (QED) is 0.358. The molecule has 0 atom stereocenters. The molecule has 4 rings (SSSR count). The summed E-state index contributed by atoms with van der Waals surface area (Å²) in [6.07, 6.45) is 8.25. The molecule has 0 fully saturated rings. The van der Waals surface area contributed by atoms with Crippen molar-refractivity contribution in [3.8, 4) is 0 Å². The van der Waals surface area contributed by atoms with Crippen LogP contribution in [0, 0.1) is 6.92 Å². The minimum Gasteiger partial charge on any atom is -0.343 e. The molecule has 31 heavy (non-hydrogen) atoms. The summed E-state index contributed by atoms with van der Waals surface area (Å²) in [6, 6.07) is 8.06. The van der Waals surface area contributed by atoms with E-state index < -0.39 is 0 Å². The van der Waals surface area contributed by atoms with E-state index in [0.717, 1.165) is 59.5 Å². The van der Waals surface area contributed by atoms with E-state index in [1.807, 2.05) is 31.2 Å². The van der Waals surface area contributed by atoms with Crippen LogP contribution in [0.15, 0.2) is 36.7 Å². The highest BCUT2D eigenvalue weighted by atomic mass is 35.5. The lowest BCUT2D eigenvalue weighted by atomic mass is 10.1. The molecule has 1 aromatic carbocycles. The SMILES string of the molecule is Cc1cnc(CNC(=O)c2nc(CCCCCc3nc4ccccc4[nH]3)sc2Cl)nc1. The predicted octanol–water partition coefficient (Wildman–Crippen LogP) is 4.66. The lowest BCUT2D eigenvalue weighted by Crippen LogP contribution is -2.24. The van der Waals surface area contributed by atoms with Crippen molar-refractivity contribution < 1.29 is 4.79 Å². The molecule has 0 aliphatic carbocycles. The molecular weight excluding hydrogens is 432 g/mol. The molecule has 0 saturated carbocycles. The molecule has 0 spiro atoms. The number of nitrogens with one attached hydrogen (secondary N) is 2. The van der Waals surface area contributed by atoms with E-state index in [1.165, 1.54) is 11.3 Å². The number of aromatic nitrogens is 5. The van der Waals surface area contributed by atoms with E-state index in [4.69, 9.17) is 11.6 Å². The molecule has 0 aliphatic rings. The maximum atomic E-state index is 12.4. The number of carbonyl (C=O) groups excluding carboxylic acids is 1. The average molecular weight is 455 g/mol. The lowest BCUT2D eigenvalue weighted by Gasteiger charge is -2.02. The number of aryl methyl sites for hydroxylation is 3. The topological polar surface area (TPSA) is 96.5 Å². The number of nitrogens with zero attached hydrogens (tertiary/aromatic N) is 4. The fraction of sp³-hybridized carbons (Fsp3) is 0.318. The molecule has 0 radical (unpaired) electrons. The second kappa shape index (κ2) is 9.98. The summed E-state index contributed by atoms with van der Waals surface area (Å²) >= 11 is 7.62. The number of H-pyrrole nitrogens is 1. The molecule has 0 bridgehead atoms. The van der Waals surface area contributed by atoms with E-state index in [-0.39, 0.29) is 18.1 Å². The van der Waals surface area contributed by atoms with Gasteiger partial charge in [0.2, 0.25) is 0 Å². The van der Waals surface area contributed by atoms with Crippen molar-refractivity contribution in [1.29, 1.82) is 0 Å². The highest BCUT2D eigenvalue weighted by Gasteiger charge is 2.17. The van der Waals surface area contributed by atoms with Gasteiger partial charge in [-0.25, -0.2) is 19.9 Å². The lowest BCUT2D eigenvalue weighted by molar-refractivity contribution is 0.0945. The van der Waals surface area contributed by atoms with Gasteiger partial charge in [0, 0.05) is 18.8 Å². The third-order valence-corrected chi connectivity index (χ3v) is 6.14. The number of rotatable bonds is 9. The standard InChI is InChI=1S/C22H23ClN6OS/c1-14-11-24-18(25-12-14)13-26-22(30)20-21(23)31-19(29-20)10-4-2-3-9-17-27-15-7-5-6-8-16(15)28-17/h5-8,11-12H,2-4,9-10,13H2,1H3,(H,26,30)(H,27,28). The van der Waals surface area contributed by atoms with Crippen molar-refractivity contribution >= 4 is 39.9 Å². The summed E-state index contributed by atoms with van der Waals surface area (Å²) in [6.45, 7) is 2.15. The summed E-state index contributed by atoms with van der Waals surface area (Å²) in [5.74, 6) is 1.27. The molecule has 0 aliphatic heterocycles. The number of amides is 1. The molecule has 4 aromatic rings. The first kappa shape index (κ1) is 21.4. The smallest absolute Gasteiger partial charge is 0.272 e. The van der Waals surface area contributed by atoms with Gasteiger partial charge in [0.25, 0.3) is 5.91 Å². The number of para-hydroxylation sites is 2. The van der Waals surface area contributed by atoms with Gasteiger partial charge in [-0.15, -0.1) is 11.3 Å². The Morgan fingerprint density at radius 2 is 1.87 bits per heavy atom. The van der Waals surface area contributed by atoms with Gasteiger partial charge < -0.3 is 10.3 Å². The number of carbonyl (C=O) groups is 1. The highest BCUT2D eigenvalue weighted by molar-refractivity contribution is 7.16. The average Bonchev–Trinajstić information content (AvgIpc) is 3.35. The van der Waals surface area contributed by atoms with Crippen LogP contribution in [0.1, 0.15) is 52.0 Å². The maximum absolute atomic E-state index is 12.4. The Hall–Kier alpha value is -2.84. The first-order valence-electron chi connectivity index (χ1n) is 10.2. The molecule has 0 saturated heterocycles. The molecule has 3 aromatic heterocycles. The van der Waals surface area contributed by atoms with Gasteiger partial charge in [0.1, 0.15) is 16.0 Å². The van der Waals surface area contributed by atoms with Crippen LogP contribution in [0.2, 0.25) is 4.34 Å².